The van der Waals surface area contributed by atoms with Crippen LogP contribution < -0.4 is 5.32 Å². The third-order valence-electron chi connectivity index (χ3n) is 5.30. The molecule has 7 heteroatoms. The van der Waals surface area contributed by atoms with Crippen molar-refractivity contribution in [1.82, 2.24) is 14.9 Å². The van der Waals surface area contributed by atoms with Gasteiger partial charge in [0.05, 0.1) is 43.3 Å². The molecule has 1 aromatic heterocycles. The predicted molar refractivity (Wildman–Crippen MR) is 129 cm³/mol. The molecule has 0 bridgehead atoms. The molecule has 1 atom stereocenters. The summed E-state index contributed by atoms with van der Waals surface area (Å²) in [6, 6.07) is 24.9. The van der Waals surface area contributed by atoms with Gasteiger partial charge in [-0.1, -0.05) is 72.3 Å². The van der Waals surface area contributed by atoms with Crippen molar-refractivity contribution in [2.24, 2.45) is 0 Å². The van der Waals surface area contributed by atoms with Crippen LogP contribution in [0.4, 0.5) is 0 Å². The van der Waals surface area contributed by atoms with Crippen LogP contribution in [-0.2, 0) is 35.6 Å². The fourth-order valence-electron chi connectivity index (χ4n) is 3.65. The normalized spacial score (nSPS) is 12.1. The van der Waals surface area contributed by atoms with Crippen molar-refractivity contribution >= 4 is 28.5 Å². The number of carbonyl (C=O) groups excluding carboxylic acids is 1. The van der Waals surface area contributed by atoms with Crippen LogP contribution in [-0.4, -0.2) is 33.3 Å². The lowest BCUT2D eigenvalue weighted by Gasteiger charge is -2.15. The van der Waals surface area contributed by atoms with Gasteiger partial charge >= 0.3 is 0 Å². The third-order valence-corrected chi connectivity index (χ3v) is 5.67. The maximum Gasteiger partial charge on any atom is 0.227 e. The van der Waals surface area contributed by atoms with Crippen molar-refractivity contribution < 1.29 is 14.6 Å². The molecular weight excluding hydrogens is 438 g/mol. The Morgan fingerprint density at radius 2 is 1.76 bits per heavy atom. The molecule has 0 saturated heterocycles. The van der Waals surface area contributed by atoms with Gasteiger partial charge in [-0.2, -0.15) is 0 Å². The summed E-state index contributed by atoms with van der Waals surface area (Å²) in [6.45, 7) is 1.18. The maximum atomic E-state index is 12.6. The lowest BCUT2D eigenvalue weighted by Crippen LogP contribution is -2.28. The molecule has 3 aromatic carbocycles. The van der Waals surface area contributed by atoms with E-state index in [1.165, 1.54) is 0 Å². The van der Waals surface area contributed by atoms with Gasteiger partial charge < -0.3 is 19.7 Å². The van der Waals surface area contributed by atoms with Gasteiger partial charge in [0.2, 0.25) is 5.91 Å². The van der Waals surface area contributed by atoms with Crippen molar-refractivity contribution in [3.05, 3.63) is 101 Å². The minimum absolute atomic E-state index is 0.120. The molecule has 33 heavy (non-hydrogen) atoms. The molecule has 0 saturated carbocycles. The molecule has 0 fully saturated rings. The summed E-state index contributed by atoms with van der Waals surface area (Å²) in [6.07, 6.45) is -0.648. The Morgan fingerprint density at radius 3 is 2.58 bits per heavy atom. The SMILES string of the molecule is O=C(Cc1nc2ccccc2n1CC(O)COCc1ccccc1Cl)NCc1ccccc1. The van der Waals surface area contributed by atoms with Gasteiger partial charge in [0, 0.05) is 11.6 Å². The lowest BCUT2D eigenvalue weighted by molar-refractivity contribution is -0.120. The first kappa shape index (κ1) is 23.0. The number of amides is 1. The average molecular weight is 464 g/mol. The van der Waals surface area contributed by atoms with Crippen LogP contribution in [0.1, 0.15) is 17.0 Å². The number of hydrogen-bond donors (Lipinski definition) is 2. The minimum Gasteiger partial charge on any atom is -0.389 e. The molecule has 0 spiro atoms. The van der Waals surface area contributed by atoms with Gasteiger partial charge in [0.25, 0.3) is 0 Å². The van der Waals surface area contributed by atoms with E-state index in [9.17, 15) is 9.90 Å². The van der Waals surface area contributed by atoms with Gasteiger partial charge in [-0.15, -0.1) is 0 Å². The zero-order valence-electron chi connectivity index (χ0n) is 18.2. The number of aliphatic hydroxyl groups is 1. The number of ether oxygens (including phenoxy) is 1. The first-order chi connectivity index (χ1) is 16.1. The Labute approximate surface area is 197 Å². The first-order valence-corrected chi connectivity index (χ1v) is 11.2. The number of hydrogen-bond acceptors (Lipinski definition) is 4. The van der Waals surface area contributed by atoms with E-state index in [1.54, 1.807) is 0 Å². The van der Waals surface area contributed by atoms with Gasteiger partial charge in [0.1, 0.15) is 5.82 Å². The third kappa shape index (κ3) is 6.20. The van der Waals surface area contributed by atoms with Crippen LogP contribution >= 0.6 is 11.6 Å². The molecule has 1 amide bonds. The Balaban J connectivity index is 1.40. The number of aliphatic hydroxyl groups excluding tert-OH is 1. The number of halogens is 1. The van der Waals surface area contributed by atoms with E-state index in [0.29, 0.717) is 24.0 Å². The quantitative estimate of drug-likeness (QED) is 0.371. The molecular formula is C26H26ClN3O3. The number of para-hydroxylation sites is 2. The smallest absolute Gasteiger partial charge is 0.227 e. The Bertz CT molecular complexity index is 1210. The number of rotatable bonds is 10. The second-order valence-electron chi connectivity index (χ2n) is 7.83. The maximum absolute atomic E-state index is 12.6. The summed E-state index contributed by atoms with van der Waals surface area (Å²) in [5.41, 5.74) is 3.56. The van der Waals surface area contributed by atoms with Crippen LogP contribution in [0.25, 0.3) is 11.0 Å². The number of aromatic nitrogens is 2. The summed E-state index contributed by atoms with van der Waals surface area (Å²) in [5, 5.41) is 14.2. The molecule has 0 aliphatic rings. The monoisotopic (exact) mass is 463 g/mol. The van der Waals surface area contributed by atoms with E-state index in [-0.39, 0.29) is 25.5 Å². The Morgan fingerprint density at radius 1 is 1.03 bits per heavy atom. The summed E-state index contributed by atoms with van der Waals surface area (Å²) in [5.74, 6) is 0.479. The van der Waals surface area contributed by atoms with Gasteiger partial charge in [-0.05, 0) is 29.3 Å². The molecule has 0 aliphatic heterocycles. The zero-order valence-corrected chi connectivity index (χ0v) is 18.9. The highest BCUT2D eigenvalue weighted by atomic mass is 35.5. The highest BCUT2D eigenvalue weighted by molar-refractivity contribution is 6.31. The van der Waals surface area contributed by atoms with Crippen LogP contribution in [0.3, 0.4) is 0 Å². The van der Waals surface area contributed by atoms with Crippen molar-refractivity contribution in [2.75, 3.05) is 6.61 Å². The molecule has 1 heterocycles. The summed E-state index contributed by atoms with van der Waals surface area (Å²) in [4.78, 5) is 17.2. The molecule has 4 aromatic rings. The van der Waals surface area contributed by atoms with Crippen molar-refractivity contribution in [3.8, 4) is 0 Å². The van der Waals surface area contributed by atoms with E-state index in [1.807, 2.05) is 83.4 Å². The van der Waals surface area contributed by atoms with E-state index in [4.69, 9.17) is 16.3 Å². The molecule has 4 rings (SSSR count). The minimum atomic E-state index is -0.767. The predicted octanol–water partition coefficient (Wildman–Crippen LogP) is 4.13. The topological polar surface area (TPSA) is 76.4 Å². The molecule has 6 nitrogen and oxygen atoms in total. The number of nitrogens with zero attached hydrogens (tertiary/aromatic N) is 2. The van der Waals surface area contributed by atoms with Crippen molar-refractivity contribution in [2.45, 2.75) is 32.2 Å². The van der Waals surface area contributed by atoms with E-state index >= 15 is 0 Å². The fourth-order valence-corrected chi connectivity index (χ4v) is 3.84. The van der Waals surface area contributed by atoms with Crippen LogP contribution in [0.5, 0.6) is 0 Å². The highest BCUT2D eigenvalue weighted by Gasteiger charge is 2.17. The number of benzene rings is 3. The zero-order chi connectivity index (χ0) is 23.0. The first-order valence-electron chi connectivity index (χ1n) is 10.8. The number of imidazole rings is 1. The van der Waals surface area contributed by atoms with E-state index < -0.39 is 6.10 Å². The fraction of sp³-hybridized carbons (Fsp3) is 0.231. The average Bonchev–Trinajstić information content (AvgIpc) is 3.16. The highest BCUT2D eigenvalue weighted by Crippen LogP contribution is 2.18. The molecule has 1 unspecified atom stereocenters. The van der Waals surface area contributed by atoms with E-state index in [0.717, 1.165) is 22.2 Å². The van der Waals surface area contributed by atoms with Crippen LogP contribution in [0.15, 0.2) is 78.9 Å². The lowest BCUT2D eigenvalue weighted by atomic mass is 10.2. The van der Waals surface area contributed by atoms with Crippen LogP contribution in [0.2, 0.25) is 5.02 Å². The number of nitrogens with one attached hydrogen (secondary N) is 1. The van der Waals surface area contributed by atoms with Gasteiger partial charge in [0.15, 0.2) is 0 Å². The Hall–Kier alpha value is -3.19. The summed E-state index contributed by atoms with van der Waals surface area (Å²) in [7, 11) is 0. The number of carbonyl (C=O) groups is 1. The second-order valence-corrected chi connectivity index (χ2v) is 8.23. The summed E-state index contributed by atoms with van der Waals surface area (Å²) < 4.78 is 7.57. The standard InChI is InChI=1S/C26H26ClN3O3/c27-22-11-5-4-10-20(22)17-33-18-21(31)16-30-24-13-7-6-12-23(24)29-25(30)14-26(32)28-15-19-8-2-1-3-9-19/h1-13,21,31H,14-18H2,(H,28,32). The van der Waals surface area contributed by atoms with Crippen LogP contribution in [0, 0.1) is 0 Å². The van der Waals surface area contributed by atoms with E-state index in [2.05, 4.69) is 10.3 Å². The molecule has 0 radical (unpaired) electrons. The Kier molecular flexibility index (Phi) is 7.73. The molecule has 0 aliphatic carbocycles. The number of fused-ring (bicyclic) bond motifs is 1. The van der Waals surface area contributed by atoms with Crippen molar-refractivity contribution in [1.29, 1.82) is 0 Å². The van der Waals surface area contributed by atoms with Crippen molar-refractivity contribution in [3.63, 3.8) is 0 Å². The summed E-state index contributed by atoms with van der Waals surface area (Å²) >= 11 is 6.16. The largest absolute Gasteiger partial charge is 0.389 e. The van der Waals surface area contributed by atoms with Gasteiger partial charge in [-0.25, -0.2) is 4.98 Å². The second kappa shape index (κ2) is 11.1. The molecule has 2 N–H and O–H groups in total. The van der Waals surface area contributed by atoms with Gasteiger partial charge in [-0.3, -0.25) is 4.79 Å². The molecule has 170 valence electrons.